The van der Waals surface area contributed by atoms with Crippen molar-refractivity contribution >= 4 is 79.6 Å². The molecule has 0 amide bonds. The molecule has 6 aromatic carbocycles. The first-order chi connectivity index (χ1) is 64.4. The minimum Gasteiger partial charge on any atom is -0.103 e. The van der Waals surface area contributed by atoms with Gasteiger partial charge in [0.05, 0.1) is 0 Å². The van der Waals surface area contributed by atoms with Crippen LogP contribution in [0.5, 0.6) is 0 Å². The molecule has 2 aliphatic heterocycles. The van der Waals surface area contributed by atoms with E-state index in [9.17, 15) is 0 Å². The zero-order chi connectivity index (χ0) is 93.5. The van der Waals surface area contributed by atoms with Gasteiger partial charge in [-0.3, -0.25) is 0 Å². The van der Waals surface area contributed by atoms with E-state index in [1.807, 2.05) is 12.1 Å². The fourth-order valence-corrected chi connectivity index (χ4v) is 27.9. The van der Waals surface area contributed by atoms with Crippen LogP contribution in [0.2, 0.25) is 0 Å². The highest BCUT2D eigenvalue weighted by molar-refractivity contribution is 8.77. The van der Waals surface area contributed by atoms with Gasteiger partial charge in [0.15, 0.2) is 0 Å². The fraction of sp³-hybridized carbons (Fsp3) is 0.469. The molecule has 2 saturated heterocycles. The summed E-state index contributed by atoms with van der Waals surface area (Å²) in [7, 11) is 8.43. The molecule has 132 heavy (non-hydrogen) atoms. The first-order valence-electron chi connectivity index (χ1n) is 51.8. The second-order valence-electron chi connectivity index (χ2n) is 40.7. The van der Waals surface area contributed by atoms with Crippen LogP contribution in [-0.2, 0) is 0 Å². The summed E-state index contributed by atoms with van der Waals surface area (Å²) in [6.07, 6.45) is 90.4. The van der Waals surface area contributed by atoms with E-state index in [-0.39, 0.29) is 0 Å². The molecule has 708 valence electrons. The van der Waals surface area contributed by atoms with Crippen molar-refractivity contribution in [2.75, 3.05) is 23.0 Å². The van der Waals surface area contributed by atoms with E-state index >= 15 is 0 Å². The average Bonchev–Trinajstić information content (AvgIpc) is 1.72. The molecule has 6 aromatic rings. The summed E-state index contributed by atoms with van der Waals surface area (Å²) >= 11 is 0. The van der Waals surface area contributed by atoms with E-state index in [2.05, 4.69) is 467 Å². The lowest BCUT2D eigenvalue weighted by Crippen LogP contribution is -2.29. The van der Waals surface area contributed by atoms with Crippen molar-refractivity contribution in [3.05, 3.63) is 372 Å². The minimum atomic E-state index is 0.460. The van der Waals surface area contributed by atoms with E-state index in [4.69, 9.17) is 0 Å². The highest BCUT2D eigenvalue weighted by atomic mass is 33.1. The second kappa shape index (κ2) is 63.8. The van der Waals surface area contributed by atoms with Gasteiger partial charge in [-0.25, -0.2) is 0 Å². The Hall–Kier alpha value is -7.44. The van der Waals surface area contributed by atoms with Crippen LogP contribution >= 0.6 is 43.2 Å². The molecule has 4 fully saturated rings. The molecule has 20 atom stereocenters. The molecule has 0 radical (unpaired) electrons. The first kappa shape index (κ1) is 108. The summed E-state index contributed by atoms with van der Waals surface area (Å²) in [4.78, 5) is 0. The summed E-state index contributed by atoms with van der Waals surface area (Å²) in [6.45, 7) is 36.8. The van der Waals surface area contributed by atoms with E-state index in [1.54, 1.807) is 5.57 Å². The van der Waals surface area contributed by atoms with Crippen molar-refractivity contribution in [2.24, 2.45) is 118 Å². The molecule has 8 aliphatic rings. The van der Waals surface area contributed by atoms with Crippen LogP contribution in [0.3, 0.4) is 0 Å². The highest BCUT2D eigenvalue weighted by Gasteiger charge is 2.37. The van der Waals surface area contributed by atoms with Crippen molar-refractivity contribution < 1.29 is 0 Å². The van der Waals surface area contributed by atoms with Gasteiger partial charge in [-0.05, 0) is 281 Å². The number of hydrogen-bond acceptors (Lipinski definition) is 4. The lowest BCUT2D eigenvalue weighted by molar-refractivity contribution is 0.182. The lowest BCUT2D eigenvalue weighted by Gasteiger charge is -2.31. The quantitative estimate of drug-likeness (QED) is 0.0286. The van der Waals surface area contributed by atoms with Crippen molar-refractivity contribution in [1.29, 1.82) is 0 Å². The average molecular weight is 1840 g/mol. The zero-order valence-corrected chi connectivity index (χ0v) is 87.0. The predicted molar refractivity (Wildman–Crippen MR) is 601 cm³/mol. The Labute approximate surface area is 824 Å². The Morgan fingerprint density at radius 1 is 0.348 bits per heavy atom. The van der Waals surface area contributed by atoms with Crippen LogP contribution in [0.25, 0.3) is 36.5 Å². The van der Waals surface area contributed by atoms with Gasteiger partial charge in [0.25, 0.3) is 0 Å². The molecule has 0 N–H and O–H groups in total. The summed E-state index contributed by atoms with van der Waals surface area (Å²) in [5.74, 6) is 22.4. The molecule has 0 spiro atoms. The van der Waals surface area contributed by atoms with Gasteiger partial charge >= 0.3 is 0 Å². The van der Waals surface area contributed by atoms with E-state index < -0.39 is 0 Å². The Bertz CT molecular complexity index is 4470. The SMILES string of the molecule is C/C(=C\C=C\c1ccccc1)CC1CC=CCC(C)/C1=C/C=C/c1ccccc1.C=CCC(C)C/C(=C/C=C/c1ccccc1)C(CC=C)C/C(C)=C/C=C/c1ccccc1.CC(C/C=C\c1ccccc1)CC1CC=CCC(C)C1C/C=C\c1ccccc1.CC1CC=CCC2C(C)CC=CCC12.CC1CCCCC2C(C)CCCCC12.CC1CSSCC2C(C)CSSCC12. The van der Waals surface area contributed by atoms with Crippen molar-refractivity contribution in [3.8, 4) is 0 Å². The lowest BCUT2D eigenvalue weighted by atomic mass is 9.74. The molecule has 0 aromatic heterocycles. The third kappa shape index (κ3) is 40.8. The zero-order valence-electron chi connectivity index (χ0n) is 83.7. The topological polar surface area (TPSA) is 0 Å². The normalized spacial score (nSPS) is 27.6. The second-order valence-corrected chi connectivity index (χ2v) is 45.8. The molecule has 0 nitrogen and oxygen atoms in total. The van der Waals surface area contributed by atoms with Crippen LogP contribution in [-0.4, -0.2) is 23.0 Å². The van der Waals surface area contributed by atoms with Crippen molar-refractivity contribution in [2.45, 2.75) is 237 Å². The van der Waals surface area contributed by atoms with Crippen LogP contribution in [0.1, 0.15) is 271 Å². The minimum absolute atomic E-state index is 0.460. The Morgan fingerprint density at radius 2 is 0.742 bits per heavy atom. The Balaban J connectivity index is 0.000000184. The fourth-order valence-electron chi connectivity index (χ4n) is 21.8. The smallest absolute Gasteiger partial charge is 0.00712 e. The summed E-state index contributed by atoms with van der Waals surface area (Å²) in [6, 6.07) is 63.3. The van der Waals surface area contributed by atoms with Crippen molar-refractivity contribution in [1.82, 2.24) is 0 Å². The predicted octanol–water partition coefficient (Wildman–Crippen LogP) is 39.3. The van der Waals surface area contributed by atoms with Gasteiger partial charge in [-0.15, -0.1) is 13.2 Å². The van der Waals surface area contributed by atoms with Crippen LogP contribution < -0.4 is 0 Å². The van der Waals surface area contributed by atoms with Gasteiger partial charge in [-0.1, -0.05) is 513 Å². The third-order valence-corrected chi connectivity index (χ3v) is 35.2. The number of hydrogen-bond donors (Lipinski definition) is 0. The molecule has 6 aliphatic carbocycles. The number of allylic oxidation sites excluding steroid dienone is 24. The van der Waals surface area contributed by atoms with E-state index in [1.165, 1.54) is 176 Å². The van der Waals surface area contributed by atoms with Gasteiger partial charge < -0.3 is 0 Å². The highest BCUT2D eigenvalue weighted by Crippen LogP contribution is 2.49. The van der Waals surface area contributed by atoms with Gasteiger partial charge in [0.2, 0.25) is 0 Å². The number of fused-ring (bicyclic) bond motifs is 3. The molecular formula is C128H172S4. The maximum absolute atomic E-state index is 4.04. The maximum Gasteiger partial charge on any atom is 0.00712 e. The summed E-state index contributed by atoms with van der Waals surface area (Å²) in [5.41, 5.74) is 13.4. The third-order valence-electron chi connectivity index (χ3n) is 29.9. The maximum atomic E-state index is 4.04. The van der Waals surface area contributed by atoms with Gasteiger partial charge in [0.1, 0.15) is 0 Å². The van der Waals surface area contributed by atoms with Crippen LogP contribution in [0.4, 0.5) is 0 Å². The van der Waals surface area contributed by atoms with E-state index in [0.29, 0.717) is 23.7 Å². The summed E-state index contributed by atoms with van der Waals surface area (Å²) in [5, 5.41) is 0. The largest absolute Gasteiger partial charge is 0.103 e. The van der Waals surface area contributed by atoms with Gasteiger partial charge in [-0.2, -0.15) is 0 Å². The number of rotatable bonds is 27. The van der Waals surface area contributed by atoms with Crippen molar-refractivity contribution in [3.63, 3.8) is 0 Å². The molecule has 20 unspecified atom stereocenters. The molecule has 4 heteroatoms. The summed E-state index contributed by atoms with van der Waals surface area (Å²) < 4.78 is 0. The van der Waals surface area contributed by atoms with E-state index in [0.717, 1.165) is 146 Å². The molecule has 2 heterocycles. The van der Waals surface area contributed by atoms with Crippen LogP contribution in [0.15, 0.2) is 339 Å². The first-order valence-corrected chi connectivity index (χ1v) is 56.8. The molecule has 14 rings (SSSR count). The van der Waals surface area contributed by atoms with Gasteiger partial charge in [0, 0.05) is 23.0 Å². The van der Waals surface area contributed by atoms with Crippen LogP contribution in [0, 0.1) is 118 Å². The molecular weight excluding hydrogens is 1670 g/mol. The Kier molecular flexibility index (Phi) is 52.3. The Morgan fingerprint density at radius 3 is 1.22 bits per heavy atom. The number of benzene rings is 6. The molecule has 0 bridgehead atoms. The molecule has 2 saturated carbocycles. The monoisotopic (exact) mass is 1840 g/mol. The standard InChI is InChI=1S/C32H38.C29H36.C29H32.C14H26.C14H22.C10H18S4/c1-5-15-27(3)25-32(24-14-23-30-20-11-8-12-21-30)31(16-6-2)26-28(4)17-13-22-29-18-9-7-10-19-29;2*1-24(13-11-19-26-15-5-3-6-16-26)23-28-21-10-9-14-25(2)29(28)22-12-20-27-17-7-4-8-18-27;2*1-11-7-3-5-10-14-12(2)8-4-6-9-13(11)14;1-7-3-11-14-6-10-8(2)4-12-13-5-9(7)10/h5-14,17-24,27,31H,1-2,15-16,25-26H2,3-4H3;3-12,15-20,24-25,28-29H,13-14,21-23H2,1-2H3;3-13,15-20,22,25,28H,14,21,23H2,1-2H3;11-14H,3-10H2,1-2H3;3-6,11-14H,7-10H2,1-2H3;7-10H,3-6H2,1-2H3/b22-13+,23-14+,28-17+,32-24-;19-11-,20-12-;19-11+,20-12+,24-13+,29-22-;;;.